The molecule has 0 aromatic heterocycles. The van der Waals surface area contributed by atoms with Gasteiger partial charge in [0.1, 0.15) is 5.82 Å². The van der Waals surface area contributed by atoms with Crippen molar-refractivity contribution in [3.05, 3.63) is 29.6 Å². The normalized spacial score (nSPS) is 15.5. The lowest BCUT2D eigenvalue weighted by Crippen LogP contribution is -1.98. The first-order valence-electron chi connectivity index (χ1n) is 4.31. The number of hydrogen-bond acceptors (Lipinski definition) is 1. The fourth-order valence-corrected chi connectivity index (χ4v) is 1.46. The molecule has 1 aromatic carbocycles. The first-order valence-corrected chi connectivity index (χ1v) is 4.31. The highest BCUT2D eigenvalue weighted by molar-refractivity contribution is 5.74. The Hall–Kier alpha value is -1.38. The molecule has 13 heavy (non-hydrogen) atoms. The van der Waals surface area contributed by atoms with Crippen LogP contribution in [-0.4, -0.2) is 6.41 Å². The second kappa shape index (κ2) is 3.17. The number of carbonyl (C=O) groups excluding carboxylic acids is 1. The monoisotopic (exact) mass is 179 g/mol. The summed E-state index contributed by atoms with van der Waals surface area (Å²) in [4.78, 5) is 10.2. The molecule has 1 aromatic rings. The topological polar surface area (TPSA) is 29.1 Å². The van der Waals surface area contributed by atoms with Crippen LogP contribution in [0.5, 0.6) is 0 Å². The SMILES string of the molecule is O=CNc1ccc(F)cc1C1CC1. The van der Waals surface area contributed by atoms with Gasteiger partial charge in [0, 0.05) is 5.69 Å². The van der Waals surface area contributed by atoms with E-state index in [1.54, 1.807) is 6.07 Å². The number of anilines is 1. The minimum atomic E-state index is -0.238. The first kappa shape index (κ1) is 8.23. The summed E-state index contributed by atoms with van der Waals surface area (Å²) in [6.07, 6.45) is 2.81. The van der Waals surface area contributed by atoms with Crippen LogP contribution in [0.3, 0.4) is 0 Å². The lowest BCUT2D eigenvalue weighted by molar-refractivity contribution is -0.105. The van der Waals surface area contributed by atoms with E-state index >= 15 is 0 Å². The van der Waals surface area contributed by atoms with Gasteiger partial charge in [0.25, 0.3) is 0 Å². The van der Waals surface area contributed by atoms with E-state index in [0.717, 1.165) is 24.1 Å². The van der Waals surface area contributed by atoms with Crippen LogP contribution in [0.1, 0.15) is 24.3 Å². The van der Waals surface area contributed by atoms with Gasteiger partial charge < -0.3 is 5.32 Å². The lowest BCUT2D eigenvalue weighted by Gasteiger charge is -2.06. The average molecular weight is 179 g/mol. The zero-order chi connectivity index (χ0) is 9.26. The molecule has 0 spiro atoms. The smallest absolute Gasteiger partial charge is 0.211 e. The van der Waals surface area contributed by atoms with Crippen molar-refractivity contribution >= 4 is 12.1 Å². The fraction of sp³-hybridized carbons (Fsp3) is 0.300. The molecule has 0 radical (unpaired) electrons. The van der Waals surface area contributed by atoms with Crippen molar-refractivity contribution in [1.82, 2.24) is 0 Å². The van der Waals surface area contributed by atoms with Gasteiger partial charge in [0.05, 0.1) is 0 Å². The molecule has 1 aliphatic carbocycles. The molecular formula is C10H10FNO. The Morgan fingerprint density at radius 1 is 1.46 bits per heavy atom. The third kappa shape index (κ3) is 1.69. The maximum Gasteiger partial charge on any atom is 0.211 e. The number of rotatable bonds is 3. The van der Waals surface area contributed by atoms with Gasteiger partial charge in [-0.2, -0.15) is 0 Å². The number of halogens is 1. The summed E-state index contributed by atoms with van der Waals surface area (Å²) in [6, 6.07) is 4.47. The van der Waals surface area contributed by atoms with Crippen LogP contribution in [0.25, 0.3) is 0 Å². The summed E-state index contributed by atoms with van der Waals surface area (Å²) < 4.78 is 12.9. The Balaban J connectivity index is 2.35. The molecule has 1 N–H and O–H groups in total. The molecule has 2 nitrogen and oxygen atoms in total. The largest absolute Gasteiger partial charge is 0.328 e. The maximum atomic E-state index is 12.9. The molecule has 1 fully saturated rings. The number of benzene rings is 1. The third-order valence-corrected chi connectivity index (χ3v) is 2.25. The van der Waals surface area contributed by atoms with E-state index < -0.39 is 0 Å². The zero-order valence-corrected chi connectivity index (χ0v) is 7.09. The van der Waals surface area contributed by atoms with E-state index in [1.165, 1.54) is 12.1 Å². The average Bonchev–Trinajstić information content (AvgIpc) is 2.91. The van der Waals surface area contributed by atoms with Crippen molar-refractivity contribution in [2.24, 2.45) is 0 Å². The molecule has 0 atom stereocenters. The molecule has 2 rings (SSSR count). The van der Waals surface area contributed by atoms with Gasteiger partial charge in [-0.05, 0) is 42.5 Å². The second-order valence-electron chi connectivity index (χ2n) is 3.27. The van der Waals surface area contributed by atoms with Crippen LogP contribution < -0.4 is 5.32 Å². The van der Waals surface area contributed by atoms with Crippen LogP contribution >= 0.6 is 0 Å². The molecule has 0 bridgehead atoms. The summed E-state index contributed by atoms with van der Waals surface area (Å²) in [5.41, 5.74) is 1.66. The number of nitrogens with one attached hydrogen (secondary N) is 1. The molecular weight excluding hydrogens is 169 g/mol. The second-order valence-corrected chi connectivity index (χ2v) is 3.27. The van der Waals surface area contributed by atoms with E-state index in [-0.39, 0.29) is 5.82 Å². The van der Waals surface area contributed by atoms with Crippen LogP contribution in [0.15, 0.2) is 18.2 Å². The Morgan fingerprint density at radius 2 is 2.23 bits per heavy atom. The van der Waals surface area contributed by atoms with E-state index in [2.05, 4.69) is 5.32 Å². The molecule has 1 saturated carbocycles. The summed E-state index contributed by atoms with van der Waals surface area (Å²) in [5.74, 6) is 0.205. The Bertz CT molecular complexity index is 334. The van der Waals surface area contributed by atoms with Crippen LogP contribution in [0, 0.1) is 5.82 Å². The Kier molecular flexibility index (Phi) is 2.00. The minimum Gasteiger partial charge on any atom is -0.328 e. The highest BCUT2D eigenvalue weighted by Gasteiger charge is 2.26. The Labute approximate surface area is 75.8 Å². The van der Waals surface area contributed by atoms with Gasteiger partial charge >= 0.3 is 0 Å². The van der Waals surface area contributed by atoms with Crippen molar-refractivity contribution in [2.45, 2.75) is 18.8 Å². The third-order valence-electron chi connectivity index (χ3n) is 2.25. The van der Waals surface area contributed by atoms with Crippen LogP contribution in [-0.2, 0) is 4.79 Å². The van der Waals surface area contributed by atoms with Crippen molar-refractivity contribution in [1.29, 1.82) is 0 Å². The maximum absolute atomic E-state index is 12.9. The van der Waals surface area contributed by atoms with E-state index in [9.17, 15) is 9.18 Å². The van der Waals surface area contributed by atoms with Gasteiger partial charge in [-0.3, -0.25) is 4.79 Å². The molecule has 0 heterocycles. The molecule has 1 aliphatic rings. The summed E-state index contributed by atoms with van der Waals surface area (Å²) >= 11 is 0. The van der Waals surface area contributed by atoms with Crippen LogP contribution in [0.2, 0.25) is 0 Å². The highest BCUT2D eigenvalue weighted by atomic mass is 19.1. The van der Waals surface area contributed by atoms with Crippen molar-refractivity contribution < 1.29 is 9.18 Å². The van der Waals surface area contributed by atoms with E-state index in [1.807, 2.05) is 0 Å². The highest BCUT2D eigenvalue weighted by Crippen LogP contribution is 2.43. The van der Waals surface area contributed by atoms with Crippen molar-refractivity contribution in [3.8, 4) is 0 Å². The van der Waals surface area contributed by atoms with E-state index in [0.29, 0.717) is 12.3 Å². The predicted molar refractivity (Wildman–Crippen MR) is 48.1 cm³/mol. The molecule has 1 amide bonds. The van der Waals surface area contributed by atoms with Crippen LogP contribution in [0.4, 0.5) is 10.1 Å². The quantitative estimate of drug-likeness (QED) is 0.708. The van der Waals surface area contributed by atoms with Crippen molar-refractivity contribution in [3.63, 3.8) is 0 Å². The molecule has 3 heteroatoms. The minimum absolute atomic E-state index is 0.238. The van der Waals surface area contributed by atoms with Gasteiger partial charge in [0.2, 0.25) is 6.41 Å². The molecule has 0 saturated heterocycles. The van der Waals surface area contributed by atoms with Gasteiger partial charge in [0.15, 0.2) is 0 Å². The number of amides is 1. The first-order chi connectivity index (χ1) is 6.31. The summed E-state index contributed by atoms with van der Waals surface area (Å²) in [7, 11) is 0. The van der Waals surface area contributed by atoms with Gasteiger partial charge in [-0.25, -0.2) is 4.39 Å². The summed E-state index contributed by atoms with van der Waals surface area (Å²) in [5, 5.41) is 2.58. The van der Waals surface area contributed by atoms with Crippen molar-refractivity contribution in [2.75, 3.05) is 5.32 Å². The Morgan fingerprint density at radius 3 is 2.85 bits per heavy atom. The molecule has 68 valence electrons. The summed E-state index contributed by atoms with van der Waals surface area (Å²) in [6.45, 7) is 0. The van der Waals surface area contributed by atoms with E-state index in [4.69, 9.17) is 0 Å². The predicted octanol–water partition coefficient (Wildman–Crippen LogP) is 2.27. The van der Waals surface area contributed by atoms with Gasteiger partial charge in [-0.1, -0.05) is 0 Å². The zero-order valence-electron chi connectivity index (χ0n) is 7.09. The number of hydrogen-bond donors (Lipinski definition) is 1. The standard InChI is InChI=1S/C10H10FNO/c11-8-3-4-10(12-6-13)9(5-8)7-1-2-7/h3-7H,1-2H2,(H,12,13). The van der Waals surface area contributed by atoms with Gasteiger partial charge in [-0.15, -0.1) is 0 Å². The fourth-order valence-electron chi connectivity index (χ4n) is 1.46. The molecule has 0 unspecified atom stereocenters. The number of carbonyl (C=O) groups is 1. The molecule has 0 aliphatic heterocycles. The lowest BCUT2D eigenvalue weighted by atomic mass is 10.1.